The number of halogens is 1. The molecular weight excluding hydrogens is 310 g/mol. The quantitative estimate of drug-likeness (QED) is 0.824. The Bertz CT molecular complexity index is 599. The normalized spacial score (nSPS) is 13.0. The lowest BCUT2D eigenvalue weighted by atomic mass is 9.98. The minimum atomic E-state index is -3.33. The lowest BCUT2D eigenvalue weighted by Gasteiger charge is -2.15. The van der Waals surface area contributed by atoms with Crippen molar-refractivity contribution < 1.29 is 13.2 Å². The van der Waals surface area contributed by atoms with Crippen LogP contribution in [0.15, 0.2) is 23.1 Å². The predicted octanol–water partition coefficient (Wildman–Crippen LogP) is 3.90. The van der Waals surface area contributed by atoms with Crippen LogP contribution in [0.1, 0.15) is 39.5 Å². The summed E-state index contributed by atoms with van der Waals surface area (Å²) in [5.41, 5.74) is 0.347. The fourth-order valence-electron chi connectivity index (χ4n) is 2.04. The zero-order chi connectivity index (χ0) is 16.0. The van der Waals surface area contributed by atoms with Gasteiger partial charge in [0.15, 0.2) is 9.84 Å². The maximum atomic E-state index is 12.2. The summed E-state index contributed by atoms with van der Waals surface area (Å²) in [7, 11) is -3.33. The summed E-state index contributed by atoms with van der Waals surface area (Å²) in [6, 6.07) is 4.32. The van der Waals surface area contributed by atoms with Gasteiger partial charge in [-0.15, -0.1) is 0 Å². The first kappa shape index (κ1) is 18.0. The Balaban J connectivity index is 2.93. The van der Waals surface area contributed by atoms with Crippen molar-refractivity contribution in [3.63, 3.8) is 0 Å². The van der Waals surface area contributed by atoms with Crippen LogP contribution in [0.5, 0.6) is 0 Å². The van der Waals surface area contributed by atoms with E-state index >= 15 is 0 Å². The monoisotopic (exact) mass is 331 g/mol. The number of carbonyl (C=O) groups is 1. The number of hydrogen-bond acceptors (Lipinski definition) is 3. The molecule has 1 amide bonds. The first-order valence-electron chi connectivity index (χ1n) is 7.10. The molecular formula is C15H22ClNO3S. The van der Waals surface area contributed by atoms with Gasteiger partial charge in [-0.1, -0.05) is 38.3 Å². The maximum Gasteiger partial charge on any atom is 0.227 e. The number of benzene rings is 1. The lowest BCUT2D eigenvalue weighted by molar-refractivity contribution is -0.120. The Kier molecular flexibility index (Phi) is 6.68. The van der Waals surface area contributed by atoms with E-state index in [0.29, 0.717) is 10.7 Å². The van der Waals surface area contributed by atoms with Gasteiger partial charge in [0.1, 0.15) is 0 Å². The minimum Gasteiger partial charge on any atom is -0.324 e. The molecule has 21 heavy (non-hydrogen) atoms. The highest BCUT2D eigenvalue weighted by Crippen LogP contribution is 2.26. The third kappa shape index (κ3) is 5.32. The van der Waals surface area contributed by atoms with E-state index in [0.717, 1.165) is 31.9 Å². The fourth-order valence-corrected chi connectivity index (χ4v) is 2.85. The van der Waals surface area contributed by atoms with Crippen molar-refractivity contribution in [2.45, 2.75) is 44.4 Å². The molecule has 4 nitrogen and oxygen atoms in total. The average Bonchev–Trinajstić information content (AvgIpc) is 2.41. The van der Waals surface area contributed by atoms with Crippen molar-refractivity contribution in [2.24, 2.45) is 5.92 Å². The van der Waals surface area contributed by atoms with Crippen LogP contribution in [0.3, 0.4) is 0 Å². The molecule has 0 saturated carbocycles. The van der Waals surface area contributed by atoms with Crippen molar-refractivity contribution in [3.05, 3.63) is 23.2 Å². The van der Waals surface area contributed by atoms with E-state index in [-0.39, 0.29) is 16.7 Å². The van der Waals surface area contributed by atoms with Gasteiger partial charge in [-0.3, -0.25) is 4.79 Å². The third-order valence-electron chi connectivity index (χ3n) is 3.39. The molecule has 0 bridgehead atoms. The van der Waals surface area contributed by atoms with Gasteiger partial charge >= 0.3 is 0 Å². The molecule has 1 aromatic carbocycles. The molecule has 1 aromatic rings. The summed E-state index contributed by atoms with van der Waals surface area (Å²) in [4.78, 5) is 12.4. The second kappa shape index (κ2) is 7.80. The van der Waals surface area contributed by atoms with Crippen molar-refractivity contribution in [1.82, 2.24) is 0 Å². The van der Waals surface area contributed by atoms with E-state index in [4.69, 9.17) is 11.6 Å². The molecule has 118 valence electrons. The number of anilines is 1. The average molecular weight is 332 g/mol. The molecule has 0 aliphatic rings. The first-order valence-corrected chi connectivity index (χ1v) is 9.37. The van der Waals surface area contributed by atoms with Gasteiger partial charge in [0, 0.05) is 12.2 Å². The highest BCUT2D eigenvalue weighted by Gasteiger charge is 2.18. The zero-order valence-corrected chi connectivity index (χ0v) is 14.2. The molecule has 6 heteroatoms. The third-order valence-corrected chi connectivity index (χ3v) is 4.83. The summed E-state index contributed by atoms with van der Waals surface area (Å²) < 4.78 is 23.1. The molecule has 0 heterocycles. The second-order valence-corrected chi connectivity index (χ2v) is 7.57. The van der Waals surface area contributed by atoms with Gasteiger partial charge in [-0.05, 0) is 31.0 Å². The molecule has 1 rings (SSSR count). The van der Waals surface area contributed by atoms with Crippen molar-refractivity contribution in [3.8, 4) is 0 Å². The van der Waals surface area contributed by atoms with Crippen LogP contribution < -0.4 is 5.32 Å². The van der Waals surface area contributed by atoms with Gasteiger partial charge < -0.3 is 5.32 Å². The molecule has 1 unspecified atom stereocenters. The number of hydrogen-bond donors (Lipinski definition) is 1. The highest BCUT2D eigenvalue weighted by atomic mass is 35.5. The van der Waals surface area contributed by atoms with Crippen LogP contribution in [-0.2, 0) is 14.6 Å². The lowest BCUT2D eigenvalue weighted by Crippen LogP contribution is -2.22. The van der Waals surface area contributed by atoms with E-state index in [1.165, 1.54) is 18.2 Å². The first-order chi connectivity index (χ1) is 9.79. The molecule has 1 N–H and O–H groups in total. The predicted molar refractivity (Wildman–Crippen MR) is 86.5 cm³/mol. The van der Waals surface area contributed by atoms with Crippen LogP contribution in [-0.4, -0.2) is 20.6 Å². The van der Waals surface area contributed by atoms with E-state index in [2.05, 4.69) is 12.2 Å². The van der Waals surface area contributed by atoms with Crippen molar-refractivity contribution >= 4 is 33.0 Å². The molecule has 0 radical (unpaired) electrons. The van der Waals surface area contributed by atoms with Crippen LogP contribution in [0, 0.1) is 5.92 Å². The van der Waals surface area contributed by atoms with Crippen LogP contribution in [0.25, 0.3) is 0 Å². The smallest absolute Gasteiger partial charge is 0.227 e. The van der Waals surface area contributed by atoms with Gasteiger partial charge in [0.25, 0.3) is 0 Å². The molecule has 0 fully saturated rings. The summed E-state index contributed by atoms with van der Waals surface area (Å²) in [5, 5.41) is 3.08. The van der Waals surface area contributed by atoms with Crippen LogP contribution in [0.2, 0.25) is 5.02 Å². The highest BCUT2D eigenvalue weighted by molar-refractivity contribution is 7.90. The molecule has 1 atom stereocenters. The largest absolute Gasteiger partial charge is 0.324 e. The molecule has 0 aliphatic heterocycles. The van der Waals surface area contributed by atoms with Gasteiger partial charge in [0.2, 0.25) is 5.91 Å². The van der Waals surface area contributed by atoms with Crippen LogP contribution >= 0.6 is 11.6 Å². The summed E-state index contributed by atoms with van der Waals surface area (Å²) in [5.74, 6) is -0.193. The van der Waals surface area contributed by atoms with Crippen molar-refractivity contribution in [1.29, 1.82) is 0 Å². The Morgan fingerprint density at radius 3 is 2.52 bits per heavy atom. The van der Waals surface area contributed by atoms with Gasteiger partial charge in [0.05, 0.1) is 15.6 Å². The Hall–Kier alpha value is -1.07. The van der Waals surface area contributed by atoms with E-state index in [1.54, 1.807) is 0 Å². The number of unbranched alkanes of at least 4 members (excludes halogenated alkanes) is 1. The number of rotatable bonds is 7. The standard InChI is InChI=1S/C15H22ClNO3S/c1-4-6-7-11(5-2)15(18)17-14-10-12(21(3,19)20)8-9-13(14)16/h8-11H,4-7H2,1-3H3,(H,17,18). The maximum absolute atomic E-state index is 12.2. The van der Waals surface area contributed by atoms with Crippen molar-refractivity contribution in [2.75, 3.05) is 11.6 Å². The molecule has 0 aliphatic carbocycles. The topological polar surface area (TPSA) is 63.2 Å². The number of amides is 1. The molecule has 0 aromatic heterocycles. The molecule has 0 saturated heterocycles. The summed E-state index contributed by atoms with van der Waals surface area (Å²) in [6.45, 7) is 4.05. The SMILES string of the molecule is CCCCC(CC)C(=O)Nc1cc(S(C)(=O)=O)ccc1Cl. The minimum absolute atomic E-state index is 0.0806. The van der Waals surface area contributed by atoms with E-state index in [1.807, 2.05) is 6.92 Å². The van der Waals surface area contributed by atoms with Gasteiger partial charge in [-0.25, -0.2) is 8.42 Å². The number of carbonyl (C=O) groups excluding carboxylic acids is 1. The second-order valence-electron chi connectivity index (χ2n) is 5.15. The number of sulfone groups is 1. The van der Waals surface area contributed by atoms with Crippen LogP contribution in [0.4, 0.5) is 5.69 Å². The Morgan fingerprint density at radius 2 is 2.00 bits per heavy atom. The van der Waals surface area contributed by atoms with E-state index < -0.39 is 9.84 Å². The summed E-state index contributed by atoms with van der Waals surface area (Å²) in [6.07, 6.45) is 4.71. The Labute approximate surface area is 131 Å². The summed E-state index contributed by atoms with van der Waals surface area (Å²) >= 11 is 6.03. The van der Waals surface area contributed by atoms with Gasteiger partial charge in [-0.2, -0.15) is 0 Å². The Morgan fingerprint density at radius 1 is 1.33 bits per heavy atom. The fraction of sp³-hybridized carbons (Fsp3) is 0.533. The number of nitrogens with one attached hydrogen (secondary N) is 1. The van der Waals surface area contributed by atoms with E-state index in [9.17, 15) is 13.2 Å². The molecule has 0 spiro atoms. The zero-order valence-electron chi connectivity index (χ0n) is 12.6.